The van der Waals surface area contributed by atoms with E-state index in [2.05, 4.69) is 37.6 Å². The van der Waals surface area contributed by atoms with Crippen molar-refractivity contribution in [1.29, 1.82) is 0 Å². The fourth-order valence-corrected chi connectivity index (χ4v) is 2.52. The van der Waals surface area contributed by atoms with Crippen LogP contribution in [0, 0.1) is 5.41 Å². The van der Waals surface area contributed by atoms with Gasteiger partial charge in [-0.05, 0) is 57.9 Å². The molecule has 0 aromatic heterocycles. The highest BCUT2D eigenvalue weighted by Gasteiger charge is 2.24. The van der Waals surface area contributed by atoms with E-state index in [-0.39, 0.29) is 5.41 Å². The van der Waals surface area contributed by atoms with Crippen LogP contribution < -0.4 is 5.73 Å². The lowest BCUT2D eigenvalue weighted by Gasteiger charge is -2.33. The normalized spacial score (nSPS) is 24.9. The SMILES string of the molecule is CCC1CN(C)CCCN1CCC(C)(C)CN. The molecule has 1 atom stereocenters. The second kappa shape index (κ2) is 6.72. The Balaban J connectivity index is 2.49. The third-order valence-electron chi connectivity index (χ3n) is 4.12. The van der Waals surface area contributed by atoms with Gasteiger partial charge in [0.25, 0.3) is 0 Å². The molecule has 102 valence electrons. The molecule has 0 bridgehead atoms. The summed E-state index contributed by atoms with van der Waals surface area (Å²) in [5.41, 5.74) is 6.10. The third kappa shape index (κ3) is 4.94. The molecule has 0 radical (unpaired) electrons. The number of hydrogen-bond donors (Lipinski definition) is 1. The number of likely N-dealkylation sites (N-methyl/N-ethyl adjacent to an activating group) is 1. The first kappa shape index (κ1) is 14.9. The van der Waals surface area contributed by atoms with Crippen LogP contribution >= 0.6 is 0 Å². The second-order valence-electron chi connectivity index (χ2n) is 6.33. The van der Waals surface area contributed by atoms with Gasteiger partial charge in [-0.1, -0.05) is 20.8 Å². The summed E-state index contributed by atoms with van der Waals surface area (Å²) >= 11 is 0. The van der Waals surface area contributed by atoms with Gasteiger partial charge < -0.3 is 10.6 Å². The first-order valence-corrected chi connectivity index (χ1v) is 7.11. The first-order valence-electron chi connectivity index (χ1n) is 7.11. The smallest absolute Gasteiger partial charge is 0.0220 e. The van der Waals surface area contributed by atoms with Gasteiger partial charge in [-0.15, -0.1) is 0 Å². The quantitative estimate of drug-likeness (QED) is 0.796. The van der Waals surface area contributed by atoms with Crippen molar-refractivity contribution >= 4 is 0 Å². The minimum atomic E-state index is 0.288. The Labute approximate surface area is 107 Å². The molecule has 3 heteroatoms. The van der Waals surface area contributed by atoms with Gasteiger partial charge in [0.15, 0.2) is 0 Å². The van der Waals surface area contributed by atoms with Crippen LogP contribution in [0.2, 0.25) is 0 Å². The molecule has 1 saturated heterocycles. The molecule has 1 aliphatic heterocycles. The van der Waals surface area contributed by atoms with Gasteiger partial charge in [0.05, 0.1) is 0 Å². The van der Waals surface area contributed by atoms with Crippen molar-refractivity contribution in [3.63, 3.8) is 0 Å². The molecule has 0 amide bonds. The van der Waals surface area contributed by atoms with Gasteiger partial charge in [0.2, 0.25) is 0 Å². The highest BCUT2D eigenvalue weighted by Crippen LogP contribution is 2.21. The van der Waals surface area contributed by atoms with Crippen LogP contribution in [-0.2, 0) is 0 Å². The lowest BCUT2D eigenvalue weighted by molar-refractivity contribution is 0.158. The molecule has 1 rings (SSSR count). The van der Waals surface area contributed by atoms with Crippen molar-refractivity contribution in [3.8, 4) is 0 Å². The molecule has 2 N–H and O–H groups in total. The van der Waals surface area contributed by atoms with Crippen molar-refractivity contribution in [3.05, 3.63) is 0 Å². The molecule has 1 aliphatic rings. The lowest BCUT2D eigenvalue weighted by Crippen LogP contribution is -2.41. The molecule has 0 aliphatic carbocycles. The highest BCUT2D eigenvalue weighted by atomic mass is 15.2. The Morgan fingerprint density at radius 2 is 2.00 bits per heavy atom. The summed E-state index contributed by atoms with van der Waals surface area (Å²) in [7, 11) is 2.25. The van der Waals surface area contributed by atoms with E-state index in [1.165, 1.54) is 45.4 Å². The lowest BCUT2D eigenvalue weighted by atomic mass is 9.89. The van der Waals surface area contributed by atoms with Crippen LogP contribution in [-0.4, -0.2) is 55.6 Å². The van der Waals surface area contributed by atoms with E-state index in [1.807, 2.05) is 0 Å². The van der Waals surface area contributed by atoms with E-state index in [0.717, 1.165) is 12.6 Å². The van der Waals surface area contributed by atoms with Gasteiger partial charge in [0.1, 0.15) is 0 Å². The second-order valence-corrected chi connectivity index (χ2v) is 6.33. The van der Waals surface area contributed by atoms with Gasteiger partial charge in [-0.3, -0.25) is 4.90 Å². The van der Waals surface area contributed by atoms with Crippen molar-refractivity contribution in [2.75, 3.05) is 39.8 Å². The monoisotopic (exact) mass is 241 g/mol. The molecule has 1 fully saturated rings. The summed E-state index contributed by atoms with van der Waals surface area (Å²) in [6.45, 7) is 12.6. The maximum absolute atomic E-state index is 5.82. The Bertz CT molecular complexity index is 216. The van der Waals surface area contributed by atoms with Crippen LogP contribution in [0.4, 0.5) is 0 Å². The van der Waals surface area contributed by atoms with E-state index in [4.69, 9.17) is 5.73 Å². The van der Waals surface area contributed by atoms with Crippen molar-refractivity contribution < 1.29 is 0 Å². The molecule has 1 unspecified atom stereocenters. The molecule has 1 heterocycles. The number of rotatable bonds is 5. The fraction of sp³-hybridized carbons (Fsp3) is 1.00. The Hall–Kier alpha value is -0.120. The van der Waals surface area contributed by atoms with E-state index in [9.17, 15) is 0 Å². The van der Waals surface area contributed by atoms with Gasteiger partial charge >= 0.3 is 0 Å². The zero-order valence-electron chi connectivity index (χ0n) is 12.2. The average Bonchev–Trinajstić information content (AvgIpc) is 2.48. The van der Waals surface area contributed by atoms with Crippen LogP contribution in [0.1, 0.15) is 40.0 Å². The standard InChI is InChI=1S/C14H31N3/c1-5-13-11-16(4)8-6-9-17(13)10-7-14(2,3)12-15/h13H,5-12,15H2,1-4H3. The Morgan fingerprint density at radius 3 is 2.59 bits per heavy atom. The summed E-state index contributed by atoms with van der Waals surface area (Å²) in [5.74, 6) is 0. The van der Waals surface area contributed by atoms with Crippen molar-refractivity contribution in [2.45, 2.75) is 46.1 Å². The van der Waals surface area contributed by atoms with Crippen LogP contribution in [0.15, 0.2) is 0 Å². The maximum atomic E-state index is 5.82. The van der Waals surface area contributed by atoms with Gasteiger partial charge in [-0.25, -0.2) is 0 Å². The molecule has 3 nitrogen and oxygen atoms in total. The zero-order valence-corrected chi connectivity index (χ0v) is 12.2. The molecule has 0 aromatic rings. The molecule has 0 spiro atoms. The minimum absolute atomic E-state index is 0.288. The van der Waals surface area contributed by atoms with E-state index in [1.54, 1.807) is 0 Å². The summed E-state index contributed by atoms with van der Waals surface area (Å²) in [6, 6.07) is 0.732. The first-order chi connectivity index (χ1) is 7.98. The molecule has 17 heavy (non-hydrogen) atoms. The highest BCUT2D eigenvalue weighted by molar-refractivity contribution is 4.80. The number of nitrogens with two attached hydrogens (primary N) is 1. The molecule has 0 saturated carbocycles. The van der Waals surface area contributed by atoms with E-state index in [0.29, 0.717) is 0 Å². The molecule has 0 aromatic carbocycles. The third-order valence-corrected chi connectivity index (χ3v) is 4.12. The van der Waals surface area contributed by atoms with Gasteiger partial charge in [-0.2, -0.15) is 0 Å². The van der Waals surface area contributed by atoms with E-state index >= 15 is 0 Å². The van der Waals surface area contributed by atoms with Crippen LogP contribution in [0.25, 0.3) is 0 Å². The van der Waals surface area contributed by atoms with Crippen molar-refractivity contribution in [2.24, 2.45) is 11.1 Å². The molecular formula is C14H31N3. The van der Waals surface area contributed by atoms with Crippen molar-refractivity contribution in [1.82, 2.24) is 9.80 Å². The molecular weight excluding hydrogens is 210 g/mol. The Kier molecular flexibility index (Phi) is 5.90. The fourth-order valence-electron chi connectivity index (χ4n) is 2.52. The average molecular weight is 241 g/mol. The van der Waals surface area contributed by atoms with Crippen LogP contribution in [0.3, 0.4) is 0 Å². The number of hydrogen-bond acceptors (Lipinski definition) is 3. The summed E-state index contributed by atoms with van der Waals surface area (Å²) < 4.78 is 0. The number of nitrogens with zero attached hydrogens (tertiary/aromatic N) is 2. The predicted molar refractivity (Wildman–Crippen MR) is 75.2 cm³/mol. The summed E-state index contributed by atoms with van der Waals surface area (Å²) in [6.07, 6.45) is 3.77. The maximum Gasteiger partial charge on any atom is 0.0220 e. The summed E-state index contributed by atoms with van der Waals surface area (Å²) in [4.78, 5) is 5.16. The minimum Gasteiger partial charge on any atom is -0.330 e. The van der Waals surface area contributed by atoms with Crippen LogP contribution in [0.5, 0.6) is 0 Å². The van der Waals surface area contributed by atoms with Gasteiger partial charge in [0, 0.05) is 12.6 Å². The summed E-state index contributed by atoms with van der Waals surface area (Å²) in [5, 5.41) is 0. The predicted octanol–water partition coefficient (Wildman–Crippen LogP) is 1.78. The Morgan fingerprint density at radius 1 is 1.29 bits per heavy atom. The topological polar surface area (TPSA) is 32.5 Å². The largest absolute Gasteiger partial charge is 0.330 e. The van der Waals surface area contributed by atoms with E-state index < -0.39 is 0 Å². The zero-order chi connectivity index (χ0) is 12.9.